The van der Waals surface area contributed by atoms with Gasteiger partial charge in [-0.25, -0.2) is 4.79 Å². The minimum absolute atomic E-state index is 0.0869. The molecule has 0 N–H and O–H groups in total. The van der Waals surface area contributed by atoms with Crippen LogP contribution in [0.15, 0.2) is 54.6 Å². The summed E-state index contributed by atoms with van der Waals surface area (Å²) in [5, 5.41) is 0. The van der Waals surface area contributed by atoms with Gasteiger partial charge in [0.2, 0.25) is 0 Å². The lowest BCUT2D eigenvalue weighted by Crippen LogP contribution is -2.41. The number of carbonyl (C=O) groups is 1. The summed E-state index contributed by atoms with van der Waals surface area (Å²) in [6.07, 6.45) is 7.53. The predicted molar refractivity (Wildman–Crippen MR) is 119 cm³/mol. The molecule has 0 radical (unpaired) electrons. The average Bonchev–Trinajstić information content (AvgIpc) is 3.05. The zero-order chi connectivity index (χ0) is 21.4. The van der Waals surface area contributed by atoms with E-state index in [9.17, 15) is 4.79 Å². The van der Waals surface area contributed by atoms with Crippen molar-refractivity contribution >= 4 is 5.97 Å². The maximum absolute atomic E-state index is 12.2. The highest BCUT2D eigenvalue weighted by Gasteiger charge is 2.52. The molecule has 0 amide bonds. The molecule has 3 unspecified atom stereocenters. The van der Waals surface area contributed by atoms with Crippen LogP contribution < -0.4 is 9.47 Å². The van der Waals surface area contributed by atoms with Crippen LogP contribution >= 0.6 is 0 Å². The number of rotatable bonds is 5. The monoisotopic (exact) mass is 419 g/mol. The van der Waals surface area contributed by atoms with Gasteiger partial charge < -0.3 is 19.1 Å². The second-order valence-corrected chi connectivity index (χ2v) is 8.91. The van der Waals surface area contributed by atoms with Gasteiger partial charge in [0, 0.05) is 12.1 Å². The SMILES string of the molecule is COc1ccc2c3c1OC1CC(CCOC(=O)c4ccccc4)C=CC31CCN(C)C2. The van der Waals surface area contributed by atoms with Gasteiger partial charge >= 0.3 is 5.97 Å². The summed E-state index contributed by atoms with van der Waals surface area (Å²) >= 11 is 0. The van der Waals surface area contributed by atoms with E-state index >= 15 is 0 Å². The lowest BCUT2D eigenvalue weighted by Gasteiger charge is -2.37. The van der Waals surface area contributed by atoms with Gasteiger partial charge in [0.1, 0.15) is 6.10 Å². The molecule has 3 aliphatic rings. The Hall–Kier alpha value is -2.79. The smallest absolute Gasteiger partial charge is 0.338 e. The standard InChI is InChI=1S/C26H29NO4/c1-27-14-13-26-12-10-18(11-15-30-25(28)19-6-4-3-5-7-19)16-22(26)31-24-21(29-2)9-8-20(17-27)23(24)26/h3-10,12,18,22H,11,13-17H2,1-2H3. The van der Waals surface area contributed by atoms with E-state index in [4.69, 9.17) is 14.2 Å². The molecule has 0 bridgehead atoms. The molecule has 5 rings (SSSR count). The Labute approximate surface area is 183 Å². The molecule has 1 spiro atoms. The number of hydrogen-bond donors (Lipinski definition) is 0. The van der Waals surface area contributed by atoms with Crippen molar-refractivity contribution in [2.45, 2.75) is 37.3 Å². The molecule has 162 valence electrons. The molecule has 0 saturated heterocycles. The molecule has 3 atom stereocenters. The number of carbonyl (C=O) groups excluding carboxylic acids is 1. The highest BCUT2D eigenvalue weighted by Crippen LogP contribution is 2.56. The molecule has 31 heavy (non-hydrogen) atoms. The maximum Gasteiger partial charge on any atom is 0.338 e. The molecule has 0 saturated carbocycles. The fraction of sp³-hybridized carbons (Fsp3) is 0.423. The number of allylic oxidation sites excluding steroid dienone is 1. The second kappa shape index (κ2) is 8.04. The van der Waals surface area contributed by atoms with Crippen LogP contribution in [-0.2, 0) is 16.7 Å². The van der Waals surface area contributed by atoms with Crippen molar-refractivity contribution in [2.24, 2.45) is 5.92 Å². The van der Waals surface area contributed by atoms with Gasteiger partial charge in [-0.05, 0) is 62.5 Å². The van der Waals surface area contributed by atoms with Gasteiger partial charge in [-0.1, -0.05) is 36.4 Å². The van der Waals surface area contributed by atoms with Crippen LogP contribution in [0, 0.1) is 5.92 Å². The molecule has 5 nitrogen and oxygen atoms in total. The number of ether oxygens (including phenoxy) is 3. The molecule has 2 heterocycles. The van der Waals surface area contributed by atoms with E-state index in [1.165, 1.54) is 11.1 Å². The Bertz CT molecular complexity index is 1000. The Morgan fingerprint density at radius 2 is 2.06 bits per heavy atom. The Morgan fingerprint density at radius 1 is 1.23 bits per heavy atom. The van der Waals surface area contributed by atoms with Gasteiger partial charge in [0.25, 0.3) is 0 Å². The Balaban J connectivity index is 1.33. The minimum atomic E-state index is -0.262. The van der Waals surface area contributed by atoms with Crippen LogP contribution in [0.25, 0.3) is 0 Å². The summed E-state index contributed by atoms with van der Waals surface area (Å²) in [7, 11) is 3.89. The third-order valence-electron chi connectivity index (χ3n) is 6.99. The topological polar surface area (TPSA) is 48.0 Å². The van der Waals surface area contributed by atoms with Crippen LogP contribution in [0.3, 0.4) is 0 Å². The van der Waals surface area contributed by atoms with Crippen LogP contribution in [0.4, 0.5) is 0 Å². The number of methoxy groups -OCH3 is 1. The first-order valence-electron chi connectivity index (χ1n) is 11.1. The fourth-order valence-corrected chi connectivity index (χ4v) is 5.33. The highest BCUT2D eigenvalue weighted by atomic mass is 16.5. The summed E-state index contributed by atoms with van der Waals surface area (Å²) in [5.41, 5.74) is 3.14. The number of hydrogen-bond acceptors (Lipinski definition) is 5. The lowest BCUT2D eigenvalue weighted by molar-refractivity contribution is 0.0472. The largest absolute Gasteiger partial charge is 0.493 e. The molecular formula is C26H29NO4. The van der Waals surface area contributed by atoms with E-state index in [1.54, 1.807) is 19.2 Å². The number of benzene rings is 2. The van der Waals surface area contributed by atoms with Crippen molar-refractivity contribution in [3.05, 3.63) is 71.3 Å². The third-order valence-corrected chi connectivity index (χ3v) is 6.99. The van der Waals surface area contributed by atoms with Crippen LogP contribution in [-0.4, -0.2) is 44.3 Å². The number of nitrogens with zero attached hydrogens (tertiary/aromatic N) is 1. The van der Waals surface area contributed by atoms with Crippen LogP contribution in [0.1, 0.15) is 40.7 Å². The van der Waals surface area contributed by atoms with Gasteiger partial charge in [-0.2, -0.15) is 0 Å². The Kier molecular flexibility index (Phi) is 5.22. The van der Waals surface area contributed by atoms with E-state index in [2.05, 4.69) is 30.2 Å². The first-order valence-corrected chi connectivity index (χ1v) is 11.1. The minimum Gasteiger partial charge on any atom is -0.493 e. The van der Waals surface area contributed by atoms with Gasteiger partial charge in [-0.3, -0.25) is 0 Å². The summed E-state index contributed by atoms with van der Waals surface area (Å²) < 4.78 is 17.7. The van der Waals surface area contributed by atoms with E-state index in [0.29, 0.717) is 18.1 Å². The zero-order valence-corrected chi connectivity index (χ0v) is 18.2. The molecule has 2 aromatic rings. The fourth-order valence-electron chi connectivity index (χ4n) is 5.33. The molecule has 2 aliphatic heterocycles. The summed E-state index contributed by atoms with van der Waals surface area (Å²) in [5.74, 6) is 1.80. The average molecular weight is 420 g/mol. The first-order chi connectivity index (χ1) is 15.1. The normalized spacial score (nSPS) is 26.4. The summed E-state index contributed by atoms with van der Waals surface area (Å²) in [4.78, 5) is 14.6. The molecule has 1 aliphatic carbocycles. The molecule has 0 fully saturated rings. The van der Waals surface area contributed by atoms with Gasteiger partial charge in [0.05, 0.1) is 24.7 Å². The van der Waals surface area contributed by atoms with Crippen LogP contribution in [0.2, 0.25) is 0 Å². The summed E-state index contributed by atoms with van der Waals surface area (Å²) in [6.45, 7) is 2.36. The van der Waals surface area contributed by atoms with Crippen LogP contribution in [0.5, 0.6) is 11.5 Å². The van der Waals surface area contributed by atoms with Gasteiger partial charge in [-0.15, -0.1) is 0 Å². The quantitative estimate of drug-likeness (QED) is 0.533. The second-order valence-electron chi connectivity index (χ2n) is 8.91. The molecule has 5 heteroatoms. The number of esters is 1. The van der Waals surface area contributed by atoms with E-state index in [1.807, 2.05) is 24.3 Å². The van der Waals surface area contributed by atoms with E-state index in [0.717, 1.165) is 43.9 Å². The van der Waals surface area contributed by atoms with Gasteiger partial charge in [0.15, 0.2) is 11.5 Å². The third kappa shape index (κ3) is 3.51. The van der Waals surface area contributed by atoms with E-state index in [-0.39, 0.29) is 17.5 Å². The molecule has 0 aromatic heterocycles. The van der Waals surface area contributed by atoms with E-state index < -0.39 is 0 Å². The first kappa shape index (κ1) is 20.1. The van der Waals surface area contributed by atoms with Crippen molar-refractivity contribution in [1.29, 1.82) is 0 Å². The predicted octanol–water partition coefficient (Wildman–Crippen LogP) is 4.35. The molecule has 2 aromatic carbocycles. The van der Waals surface area contributed by atoms with Crippen molar-refractivity contribution in [3.8, 4) is 11.5 Å². The lowest BCUT2D eigenvalue weighted by atomic mass is 9.67. The molecular weight excluding hydrogens is 390 g/mol. The van der Waals surface area contributed by atoms with Crippen molar-refractivity contribution in [1.82, 2.24) is 4.90 Å². The maximum atomic E-state index is 12.2. The van der Waals surface area contributed by atoms with Crippen molar-refractivity contribution < 1.29 is 19.0 Å². The Morgan fingerprint density at radius 3 is 2.87 bits per heavy atom. The summed E-state index contributed by atoms with van der Waals surface area (Å²) in [6, 6.07) is 13.4. The zero-order valence-electron chi connectivity index (χ0n) is 18.2. The van der Waals surface area contributed by atoms with Crippen molar-refractivity contribution in [3.63, 3.8) is 0 Å². The van der Waals surface area contributed by atoms with Crippen molar-refractivity contribution in [2.75, 3.05) is 27.3 Å². The highest BCUT2D eigenvalue weighted by molar-refractivity contribution is 5.89.